The highest BCUT2D eigenvalue weighted by molar-refractivity contribution is 7.89. The quantitative estimate of drug-likeness (QED) is 0.890. The molecule has 1 aliphatic rings. The van der Waals surface area contributed by atoms with Gasteiger partial charge in [0, 0.05) is 23.2 Å². The first-order chi connectivity index (χ1) is 10.0. The van der Waals surface area contributed by atoms with Crippen molar-refractivity contribution < 1.29 is 8.42 Å². The van der Waals surface area contributed by atoms with Gasteiger partial charge in [-0.25, -0.2) is 13.1 Å². The van der Waals surface area contributed by atoms with Crippen molar-refractivity contribution in [1.82, 2.24) is 4.72 Å². The Bertz CT molecular complexity index is 724. The van der Waals surface area contributed by atoms with E-state index in [1.54, 1.807) is 23.5 Å². The molecule has 0 bridgehead atoms. The van der Waals surface area contributed by atoms with Gasteiger partial charge in [0.05, 0.1) is 4.90 Å². The molecule has 112 valence electrons. The lowest BCUT2D eigenvalue weighted by atomic mass is 10.2. The third-order valence-electron chi connectivity index (χ3n) is 3.55. The fourth-order valence-electron chi connectivity index (χ4n) is 2.54. The van der Waals surface area contributed by atoms with Crippen molar-refractivity contribution >= 4 is 27.0 Å². The van der Waals surface area contributed by atoms with Crippen molar-refractivity contribution in [3.63, 3.8) is 0 Å². The number of thiophene rings is 1. The first kappa shape index (κ1) is 14.6. The standard InChI is InChI=1S/C15H18N2O2S2/c1-11(9-13-3-2-8-20-13)17-21(18,19)14-5-4-12-6-7-16-15(12)10-14/h2-5,8,10-11,16-17H,6-7,9H2,1H3. The van der Waals surface area contributed by atoms with E-state index in [2.05, 4.69) is 10.0 Å². The Morgan fingerprint density at radius 3 is 3.00 bits per heavy atom. The molecule has 0 radical (unpaired) electrons. The van der Waals surface area contributed by atoms with Crippen LogP contribution < -0.4 is 10.0 Å². The van der Waals surface area contributed by atoms with Gasteiger partial charge in [-0.2, -0.15) is 0 Å². The van der Waals surface area contributed by atoms with Crippen LogP contribution in [0.25, 0.3) is 0 Å². The predicted octanol–water partition coefficient (Wildman–Crippen LogP) is 2.63. The van der Waals surface area contributed by atoms with Gasteiger partial charge in [-0.1, -0.05) is 12.1 Å². The van der Waals surface area contributed by atoms with Gasteiger partial charge < -0.3 is 5.32 Å². The van der Waals surface area contributed by atoms with Gasteiger partial charge in [-0.15, -0.1) is 11.3 Å². The van der Waals surface area contributed by atoms with Crippen molar-refractivity contribution in [3.05, 3.63) is 46.2 Å². The Labute approximate surface area is 129 Å². The second kappa shape index (κ2) is 5.79. The molecule has 2 heterocycles. The van der Waals surface area contributed by atoms with E-state index >= 15 is 0 Å². The molecule has 2 N–H and O–H groups in total. The summed E-state index contributed by atoms with van der Waals surface area (Å²) < 4.78 is 27.6. The lowest BCUT2D eigenvalue weighted by Gasteiger charge is -2.14. The molecule has 0 amide bonds. The van der Waals surface area contributed by atoms with Gasteiger partial charge >= 0.3 is 0 Å². The summed E-state index contributed by atoms with van der Waals surface area (Å²) in [5.74, 6) is 0. The predicted molar refractivity (Wildman–Crippen MR) is 86.4 cm³/mol. The largest absolute Gasteiger partial charge is 0.384 e. The van der Waals surface area contributed by atoms with E-state index in [-0.39, 0.29) is 6.04 Å². The first-order valence-electron chi connectivity index (χ1n) is 6.96. The molecular formula is C15H18N2O2S2. The van der Waals surface area contributed by atoms with Crippen molar-refractivity contribution in [2.75, 3.05) is 11.9 Å². The van der Waals surface area contributed by atoms with E-state index in [0.29, 0.717) is 11.3 Å². The minimum absolute atomic E-state index is 0.130. The van der Waals surface area contributed by atoms with E-state index < -0.39 is 10.0 Å². The topological polar surface area (TPSA) is 58.2 Å². The molecule has 0 saturated carbocycles. The van der Waals surface area contributed by atoms with Gasteiger partial charge in [0.1, 0.15) is 0 Å². The molecular weight excluding hydrogens is 304 g/mol. The lowest BCUT2D eigenvalue weighted by molar-refractivity contribution is 0.561. The van der Waals surface area contributed by atoms with Gasteiger partial charge in [-0.05, 0) is 48.9 Å². The van der Waals surface area contributed by atoms with Crippen LogP contribution in [0.15, 0.2) is 40.6 Å². The number of rotatable bonds is 5. The average molecular weight is 322 g/mol. The van der Waals surface area contributed by atoms with Crippen LogP contribution in [-0.4, -0.2) is 21.0 Å². The molecule has 1 aromatic carbocycles. The van der Waals surface area contributed by atoms with Crippen molar-refractivity contribution in [2.24, 2.45) is 0 Å². The van der Waals surface area contributed by atoms with E-state index in [9.17, 15) is 8.42 Å². The monoisotopic (exact) mass is 322 g/mol. The van der Waals surface area contributed by atoms with Gasteiger partial charge in [0.15, 0.2) is 0 Å². The Kier molecular flexibility index (Phi) is 4.01. The molecule has 4 nitrogen and oxygen atoms in total. The zero-order chi connectivity index (χ0) is 14.9. The number of nitrogens with one attached hydrogen (secondary N) is 2. The second-order valence-electron chi connectivity index (χ2n) is 5.30. The van der Waals surface area contributed by atoms with Crippen LogP contribution in [0.1, 0.15) is 17.4 Å². The molecule has 0 spiro atoms. The Morgan fingerprint density at radius 2 is 2.24 bits per heavy atom. The summed E-state index contributed by atoms with van der Waals surface area (Å²) in [7, 11) is -3.47. The van der Waals surface area contributed by atoms with Gasteiger partial charge in [-0.3, -0.25) is 0 Å². The van der Waals surface area contributed by atoms with Gasteiger partial charge in [0.25, 0.3) is 0 Å². The summed E-state index contributed by atoms with van der Waals surface area (Å²) in [5.41, 5.74) is 2.12. The fourth-order valence-corrected chi connectivity index (χ4v) is 4.65. The molecule has 1 unspecified atom stereocenters. The SMILES string of the molecule is CC(Cc1cccs1)NS(=O)(=O)c1ccc2c(c1)NCC2. The number of hydrogen-bond acceptors (Lipinski definition) is 4. The van der Waals surface area contributed by atoms with Crippen LogP contribution in [0.5, 0.6) is 0 Å². The number of benzene rings is 1. The van der Waals surface area contributed by atoms with Crippen molar-refractivity contribution in [1.29, 1.82) is 0 Å². The van der Waals surface area contributed by atoms with Crippen LogP contribution in [-0.2, 0) is 22.9 Å². The zero-order valence-electron chi connectivity index (χ0n) is 11.8. The maximum atomic E-state index is 12.4. The normalized spacial score (nSPS) is 15.5. The molecule has 21 heavy (non-hydrogen) atoms. The van der Waals surface area contributed by atoms with Crippen LogP contribution in [0.3, 0.4) is 0 Å². The summed E-state index contributed by atoms with van der Waals surface area (Å²) in [6.07, 6.45) is 1.66. The summed E-state index contributed by atoms with van der Waals surface area (Å²) in [6, 6.07) is 9.18. The molecule has 1 aromatic heterocycles. The summed E-state index contributed by atoms with van der Waals surface area (Å²) in [4.78, 5) is 1.51. The molecule has 0 saturated heterocycles. The average Bonchev–Trinajstić information content (AvgIpc) is 3.07. The maximum Gasteiger partial charge on any atom is 0.240 e. The van der Waals surface area contributed by atoms with Crippen LogP contribution in [0.4, 0.5) is 5.69 Å². The van der Waals surface area contributed by atoms with Gasteiger partial charge in [0.2, 0.25) is 10.0 Å². The number of fused-ring (bicyclic) bond motifs is 1. The highest BCUT2D eigenvalue weighted by Gasteiger charge is 2.20. The third-order valence-corrected chi connectivity index (χ3v) is 6.03. The van der Waals surface area contributed by atoms with E-state index in [0.717, 1.165) is 18.7 Å². The third kappa shape index (κ3) is 3.28. The maximum absolute atomic E-state index is 12.4. The lowest BCUT2D eigenvalue weighted by Crippen LogP contribution is -2.33. The minimum Gasteiger partial charge on any atom is -0.384 e. The van der Waals surface area contributed by atoms with Crippen molar-refractivity contribution in [2.45, 2.75) is 30.7 Å². The van der Waals surface area contributed by atoms with E-state index in [1.807, 2.05) is 30.5 Å². The summed E-state index contributed by atoms with van der Waals surface area (Å²) >= 11 is 1.64. The number of hydrogen-bond donors (Lipinski definition) is 2. The molecule has 3 rings (SSSR count). The zero-order valence-corrected chi connectivity index (χ0v) is 13.4. The molecule has 1 atom stereocenters. The van der Waals surface area contributed by atoms with Crippen LogP contribution in [0.2, 0.25) is 0 Å². The Balaban J connectivity index is 1.74. The highest BCUT2D eigenvalue weighted by Crippen LogP contribution is 2.25. The highest BCUT2D eigenvalue weighted by atomic mass is 32.2. The van der Waals surface area contributed by atoms with Crippen molar-refractivity contribution in [3.8, 4) is 0 Å². The van der Waals surface area contributed by atoms with E-state index in [4.69, 9.17) is 0 Å². The molecule has 0 fully saturated rings. The Hall–Kier alpha value is -1.37. The first-order valence-corrected chi connectivity index (χ1v) is 9.32. The van der Waals surface area contributed by atoms with Crippen LogP contribution >= 0.6 is 11.3 Å². The number of anilines is 1. The molecule has 0 aliphatic carbocycles. The van der Waals surface area contributed by atoms with E-state index in [1.165, 1.54) is 10.4 Å². The molecule has 6 heteroatoms. The minimum atomic E-state index is -3.47. The fraction of sp³-hybridized carbons (Fsp3) is 0.333. The molecule has 1 aliphatic heterocycles. The Morgan fingerprint density at radius 1 is 1.38 bits per heavy atom. The summed E-state index contributed by atoms with van der Waals surface area (Å²) in [6.45, 7) is 2.77. The number of sulfonamides is 1. The second-order valence-corrected chi connectivity index (χ2v) is 8.05. The summed E-state index contributed by atoms with van der Waals surface area (Å²) in [5, 5.41) is 5.21. The molecule has 2 aromatic rings. The smallest absolute Gasteiger partial charge is 0.240 e. The van der Waals surface area contributed by atoms with Crippen LogP contribution in [0, 0.1) is 0 Å².